The van der Waals surface area contributed by atoms with E-state index >= 15 is 0 Å². The summed E-state index contributed by atoms with van der Waals surface area (Å²) in [5.74, 6) is 0.662. The van der Waals surface area contributed by atoms with E-state index in [1.807, 2.05) is 0 Å². The van der Waals surface area contributed by atoms with Crippen LogP contribution in [0.4, 0.5) is 0 Å². The molecule has 80 valence electrons. The summed E-state index contributed by atoms with van der Waals surface area (Å²) in [5.41, 5.74) is 5.83. The fourth-order valence-electron chi connectivity index (χ4n) is 2.33. The van der Waals surface area contributed by atoms with Crippen molar-refractivity contribution in [3.8, 4) is 0 Å². The SMILES string of the molecule is CC1CN(CC2C=CC(N)C2)CCO1. The Labute approximate surface area is 85.9 Å². The maximum Gasteiger partial charge on any atom is 0.0674 e. The Bertz CT molecular complexity index is 217. The molecule has 0 aromatic rings. The van der Waals surface area contributed by atoms with E-state index in [0.29, 0.717) is 18.1 Å². The van der Waals surface area contributed by atoms with Crippen molar-refractivity contribution < 1.29 is 4.74 Å². The van der Waals surface area contributed by atoms with Gasteiger partial charge in [0.25, 0.3) is 0 Å². The van der Waals surface area contributed by atoms with Gasteiger partial charge in [0.05, 0.1) is 12.7 Å². The molecule has 14 heavy (non-hydrogen) atoms. The number of hydrogen-bond acceptors (Lipinski definition) is 3. The monoisotopic (exact) mass is 196 g/mol. The number of morpholine rings is 1. The molecule has 0 aromatic carbocycles. The number of rotatable bonds is 2. The highest BCUT2D eigenvalue weighted by molar-refractivity contribution is 5.05. The normalized spacial score (nSPS) is 39.1. The minimum Gasteiger partial charge on any atom is -0.376 e. The van der Waals surface area contributed by atoms with E-state index in [0.717, 1.165) is 32.7 Å². The van der Waals surface area contributed by atoms with E-state index in [2.05, 4.69) is 24.0 Å². The van der Waals surface area contributed by atoms with Gasteiger partial charge in [-0.3, -0.25) is 4.90 Å². The molecule has 0 aromatic heterocycles. The van der Waals surface area contributed by atoms with E-state index in [9.17, 15) is 0 Å². The van der Waals surface area contributed by atoms with E-state index in [1.54, 1.807) is 0 Å². The van der Waals surface area contributed by atoms with Crippen LogP contribution in [0.25, 0.3) is 0 Å². The van der Waals surface area contributed by atoms with Crippen molar-refractivity contribution in [2.24, 2.45) is 11.7 Å². The average Bonchev–Trinajstić information content (AvgIpc) is 2.51. The molecular formula is C11H20N2O. The molecule has 1 fully saturated rings. The van der Waals surface area contributed by atoms with Crippen LogP contribution in [0.1, 0.15) is 13.3 Å². The second-order valence-electron chi connectivity index (χ2n) is 4.49. The largest absolute Gasteiger partial charge is 0.376 e. The molecular weight excluding hydrogens is 176 g/mol. The highest BCUT2D eigenvalue weighted by atomic mass is 16.5. The molecule has 0 radical (unpaired) electrons. The molecule has 0 bridgehead atoms. The lowest BCUT2D eigenvalue weighted by molar-refractivity contribution is -0.0212. The van der Waals surface area contributed by atoms with Crippen molar-refractivity contribution in [2.75, 3.05) is 26.2 Å². The third-order valence-electron chi connectivity index (χ3n) is 3.02. The lowest BCUT2D eigenvalue weighted by atomic mass is 10.1. The van der Waals surface area contributed by atoms with Crippen LogP contribution < -0.4 is 5.73 Å². The van der Waals surface area contributed by atoms with Crippen LogP contribution in [0, 0.1) is 5.92 Å². The van der Waals surface area contributed by atoms with Crippen LogP contribution in [-0.2, 0) is 4.74 Å². The Hall–Kier alpha value is -0.380. The Balaban J connectivity index is 1.77. The summed E-state index contributed by atoms with van der Waals surface area (Å²) in [6, 6.07) is 0.290. The van der Waals surface area contributed by atoms with Crippen molar-refractivity contribution in [2.45, 2.75) is 25.5 Å². The smallest absolute Gasteiger partial charge is 0.0674 e. The second kappa shape index (κ2) is 4.43. The van der Waals surface area contributed by atoms with Gasteiger partial charge in [0.15, 0.2) is 0 Å². The maximum absolute atomic E-state index is 5.83. The number of nitrogens with two attached hydrogens (primary N) is 1. The predicted molar refractivity (Wildman–Crippen MR) is 57.1 cm³/mol. The number of nitrogens with zero attached hydrogens (tertiary/aromatic N) is 1. The van der Waals surface area contributed by atoms with Gasteiger partial charge in [-0.1, -0.05) is 12.2 Å². The lowest BCUT2D eigenvalue weighted by Gasteiger charge is -2.32. The first-order valence-corrected chi connectivity index (χ1v) is 5.52. The van der Waals surface area contributed by atoms with Gasteiger partial charge in [0.1, 0.15) is 0 Å². The number of hydrogen-bond donors (Lipinski definition) is 1. The molecule has 3 unspecified atom stereocenters. The fourth-order valence-corrected chi connectivity index (χ4v) is 2.33. The van der Waals surface area contributed by atoms with E-state index < -0.39 is 0 Å². The third-order valence-corrected chi connectivity index (χ3v) is 3.02. The summed E-state index contributed by atoms with van der Waals surface area (Å²) in [7, 11) is 0. The zero-order chi connectivity index (χ0) is 9.97. The molecule has 0 saturated carbocycles. The van der Waals surface area contributed by atoms with Gasteiger partial charge in [-0.2, -0.15) is 0 Å². The molecule has 1 aliphatic carbocycles. The molecule has 2 rings (SSSR count). The molecule has 0 amide bonds. The molecule has 1 saturated heterocycles. The van der Waals surface area contributed by atoms with Gasteiger partial charge in [0.2, 0.25) is 0 Å². The highest BCUT2D eigenvalue weighted by Gasteiger charge is 2.22. The minimum atomic E-state index is 0.290. The van der Waals surface area contributed by atoms with E-state index in [4.69, 9.17) is 10.5 Å². The van der Waals surface area contributed by atoms with Crippen LogP contribution >= 0.6 is 0 Å². The topological polar surface area (TPSA) is 38.5 Å². The van der Waals surface area contributed by atoms with Gasteiger partial charge in [-0.05, 0) is 19.3 Å². The van der Waals surface area contributed by atoms with Crippen molar-refractivity contribution in [3.63, 3.8) is 0 Å². The highest BCUT2D eigenvalue weighted by Crippen LogP contribution is 2.18. The summed E-state index contributed by atoms with van der Waals surface area (Å²) >= 11 is 0. The fraction of sp³-hybridized carbons (Fsp3) is 0.818. The molecule has 2 N–H and O–H groups in total. The van der Waals surface area contributed by atoms with Gasteiger partial charge in [-0.15, -0.1) is 0 Å². The van der Waals surface area contributed by atoms with Crippen LogP contribution in [0.2, 0.25) is 0 Å². The van der Waals surface area contributed by atoms with Gasteiger partial charge < -0.3 is 10.5 Å². The summed E-state index contributed by atoms with van der Waals surface area (Å²) in [5, 5.41) is 0. The Kier molecular flexibility index (Phi) is 3.21. The zero-order valence-corrected chi connectivity index (χ0v) is 8.86. The predicted octanol–water partition coefficient (Wildman–Crippen LogP) is 0.611. The van der Waals surface area contributed by atoms with Gasteiger partial charge in [0, 0.05) is 25.7 Å². The van der Waals surface area contributed by atoms with Crippen LogP contribution in [0.15, 0.2) is 12.2 Å². The lowest BCUT2D eigenvalue weighted by Crippen LogP contribution is -2.43. The first-order valence-electron chi connectivity index (χ1n) is 5.52. The van der Waals surface area contributed by atoms with Crippen molar-refractivity contribution in [1.82, 2.24) is 4.90 Å². The van der Waals surface area contributed by atoms with Crippen LogP contribution in [0.3, 0.4) is 0 Å². The second-order valence-corrected chi connectivity index (χ2v) is 4.49. The third kappa shape index (κ3) is 2.56. The van der Waals surface area contributed by atoms with Gasteiger partial charge >= 0.3 is 0 Å². The van der Waals surface area contributed by atoms with E-state index in [-0.39, 0.29) is 0 Å². The zero-order valence-electron chi connectivity index (χ0n) is 8.86. The number of ether oxygens (including phenoxy) is 1. The first kappa shape index (κ1) is 10.1. The van der Waals surface area contributed by atoms with Gasteiger partial charge in [-0.25, -0.2) is 0 Å². The summed E-state index contributed by atoms with van der Waals surface area (Å²) in [6.45, 7) is 6.31. The maximum atomic E-state index is 5.83. The standard InChI is InChI=1S/C11H20N2O/c1-9-7-13(4-5-14-9)8-10-2-3-11(12)6-10/h2-3,9-11H,4-8,12H2,1H3. The molecule has 2 aliphatic rings. The van der Waals surface area contributed by atoms with Crippen molar-refractivity contribution in [3.05, 3.63) is 12.2 Å². The molecule has 1 heterocycles. The minimum absolute atomic E-state index is 0.290. The quantitative estimate of drug-likeness (QED) is 0.658. The molecule has 3 heteroatoms. The van der Waals surface area contributed by atoms with Crippen LogP contribution in [-0.4, -0.2) is 43.3 Å². The molecule has 1 aliphatic heterocycles. The Morgan fingerprint density at radius 3 is 3.00 bits per heavy atom. The van der Waals surface area contributed by atoms with Crippen molar-refractivity contribution >= 4 is 0 Å². The van der Waals surface area contributed by atoms with Crippen molar-refractivity contribution in [1.29, 1.82) is 0 Å². The van der Waals surface area contributed by atoms with E-state index in [1.165, 1.54) is 0 Å². The van der Waals surface area contributed by atoms with Crippen LogP contribution in [0.5, 0.6) is 0 Å². The Morgan fingerprint density at radius 2 is 2.36 bits per heavy atom. The molecule has 0 spiro atoms. The first-order chi connectivity index (χ1) is 6.74. The Morgan fingerprint density at radius 1 is 1.50 bits per heavy atom. The summed E-state index contributed by atoms with van der Waals surface area (Å²) in [4.78, 5) is 2.49. The summed E-state index contributed by atoms with van der Waals surface area (Å²) < 4.78 is 5.51. The average molecular weight is 196 g/mol. The molecule has 3 atom stereocenters. The molecule has 3 nitrogen and oxygen atoms in total. The summed E-state index contributed by atoms with van der Waals surface area (Å²) in [6.07, 6.45) is 5.91.